The van der Waals surface area contributed by atoms with E-state index in [1.807, 2.05) is 18.2 Å². The highest BCUT2D eigenvalue weighted by molar-refractivity contribution is 9.10. The first-order chi connectivity index (χ1) is 8.74. The van der Waals surface area contributed by atoms with Crippen molar-refractivity contribution in [3.63, 3.8) is 0 Å². The van der Waals surface area contributed by atoms with Crippen LogP contribution in [0.3, 0.4) is 0 Å². The molecule has 3 heteroatoms. The molecule has 1 aliphatic carbocycles. The summed E-state index contributed by atoms with van der Waals surface area (Å²) in [6.45, 7) is 0. The molecule has 1 aromatic rings. The molecule has 0 spiro atoms. The summed E-state index contributed by atoms with van der Waals surface area (Å²) in [4.78, 5) is 0. The van der Waals surface area contributed by atoms with E-state index in [0.29, 0.717) is 5.92 Å². The summed E-state index contributed by atoms with van der Waals surface area (Å²) in [5.74, 6) is 1.49. The Bertz CT molecular complexity index is 427. The van der Waals surface area contributed by atoms with Crippen molar-refractivity contribution in [1.29, 1.82) is 0 Å². The molecule has 0 saturated heterocycles. The Balaban J connectivity index is 1.81. The second kappa shape index (κ2) is 5.22. The van der Waals surface area contributed by atoms with Crippen molar-refractivity contribution < 1.29 is 9.84 Å². The maximum atomic E-state index is 10.3. The van der Waals surface area contributed by atoms with E-state index >= 15 is 0 Å². The molecule has 0 bridgehead atoms. The van der Waals surface area contributed by atoms with Crippen LogP contribution in [-0.4, -0.2) is 11.2 Å². The first kappa shape index (κ1) is 12.5. The monoisotopic (exact) mass is 310 g/mol. The fraction of sp³-hybridized carbons (Fsp3) is 0.600. The largest absolute Gasteiger partial charge is 0.490 e. The average Bonchev–Trinajstić information content (AvgIpc) is 2.39. The van der Waals surface area contributed by atoms with Crippen LogP contribution >= 0.6 is 15.9 Å². The van der Waals surface area contributed by atoms with Crippen molar-refractivity contribution in [2.24, 2.45) is 5.92 Å². The molecule has 1 aliphatic heterocycles. The van der Waals surface area contributed by atoms with Crippen LogP contribution in [0, 0.1) is 5.92 Å². The van der Waals surface area contributed by atoms with Gasteiger partial charge in [-0.15, -0.1) is 0 Å². The molecular formula is C15H19BrO2. The van der Waals surface area contributed by atoms with Crippen molar-refractivity contribution in [2.75, 3.05) is 0 Å². The molecule has 2 nitrogen and oxygen atoms in total. The quantitative estimate of drug-likeness (QED) is 0.841. The molecule has 0 radical (unpaired) electrons. The standard InChI is InChI=1S/C15H19BrO2/c16-11-6-7-12-13(17)9-14(18-15(12)8-11)10-4-2-1-3-5-10/h6-8,10,13-14,17H,1-5,9H2/t13-,14?/m1/s1. The van der Waals surface area contributed by atoms with Crippen molar-refractivity contribution in [2.45, 2.75) is 50.7 Å². The summed E-state index contributed by atoms with van der Waals surface area (Å²) >= 11 is 3.46. The molecule has 3 rings (SSSR count). The van der Waals surface area contributed by atoms with Crippen molar-refractivity contribution in [1.82, 2.24) is 0 Å². The molecule has 0 aromatic heterocycles. The van der Waals surface area contributed by atoms with Gasteiger partial charge in [0.2, 0.25) is 0 Å². The topological polar surface area (TPSA) is 29.5 Å². The lowest BCUT2D eigenvalue weighted by Gasteiger charge is -2.36. The Hall–Kier alpha value is -0.540. The number of benzene rings is 1. The maximum Gasteiger partial charge on any atom is 0.126 e. The third-order valence-corrected chi connectivity index (χ3v) is 4.74. The lowest BCUT2D eigenvalue weighted by molar-refractivity contribution is 0.0233. The third-order valence-electron chi connectivity index (χ3n) is 4.24. The number of ether oxygens (including phenoxy) is 1. The summed E-state index contributed by atoms with van der Waals surface area (Å²) < 4.78 is 7.14. The highest BCUT2D eigenvalue weighted by Crippen LogP contribution is 2.41. The third kappa shape index (κ3) is 2.43. The zero-order valence-electron chi connectivity index (χ0n) is 10.4. The zero-order valence-corrected chi connectivity index (χ0v) is 12.0. The van der Waals surface area contributed by atoms with Crippen molar-refractivity contribution in [3.05, 3.63) is 28.2 Å². The normalized spacial score (nSPS) is 28.6. The van der Waals surface area contributed by atoms with Crippen LogP contribution in [0.1, 0.15) is 50.2 Å². The number of halogens is 1. The average molecular weight is 311 g/mol. The van der Waals surface area contributed by atoms with E-state index in [9.17, 15) is 5.11 Å². The first-order valence-electron chi connectivity index (χ1n) is 6.88. The smallest absolute Gasteiger partial charge is 0.126 e. The molecule has 0 amide bonds. The van der Waals surface area contributed by atoms with Gasteiger partial charge in [-0.25, -0.2) is 0 Å². The number of fused-ring (bicyclic) bond motifs is 1. The Labute approximate surface area is 116 Å². The van der Waals surface area contributed by atoms with E-state index in [1.54, 1.807) is 0 Å². The van der Waals surface area contributed by atoms with Gasteiger partial charge in [0.25, 0.3) is 0 Å². The predicted octanol–water partition coefficient (Wildman–Crippen LogP) is 4.21. The minimum Gasteiger partial charge on any atom is -0.490 e. The number of hydrogen-bond donors (Lipinski definition) is 1. The molecule has 1 unspecified atom stereocenters. The number of hydrogen-bond acceptors (Lipinski definition) is 2. The molecule has 1 N–H and O–H groups in total. The highest BCUT2D eigenvalue weighted by atomic mass is 79.9. The lowest BCUT2D eigenvalue weighted by atomic mass is 9.81. The SMILES string of the molecule is O[C@@H]1CC(C2CCCCC2)Oc2cc(Br)ccc21. The molecule has 2 aliphatic rings. The molecule has 18 heavy (non-hydrogen) atoms. The van der Waals surface area contributed by atoms with Gasteiger partial charge in [0.05, 0.1) is 6.10 Å². The molecule has 1 saturated carbocycles. The number of rotatable bonds is 1. The van der Waals surface area contributed by atoms with Gasteiger partial charge < -0.3 is 9.84 Å². The maximum absolute atomic E-state index is 10.3. The van der Waals surface area contributed by atoms with Gasteiger partial charge in [0.15, 0.2) is 0 Å². The molecular weight excluding hydrogens is 292 g/mol. The molecule has 1 heterocycles. The van der Waals surface area contributed by atoms with Crippen LogP contribution in [0.2, 0.25) is 0 Å². The van der Waals surface area contributed by atoms with Gasteiger partial charge in [-0.2, -0.15) is 0 Å². The van der Waals surface area contributed by atoms with Crippen LogP contribution in [0.15, 0.2) is 22.7 Å². The van der Waals surface area contributed by atoms with E-state index in [0.717, 1.165) is 22.2 Å². The van der Waals surface area contributed by atoms with Crippen molar-refractivity contribution >= 4 is 15.9 Å². The fourth-order valence-corrected chi connectivity index (χ4v) is 3.58. The van der Waals surface area contributed by atoms with E-state index in [-0.39, 0.29) is 12.2 Å². The van der Waals surface area contributed by atoms with E-state index in [4.69, 9.17) is 4.74 Å². The second-order valence-corrected chi connectivity index (χ2v) is 6.40. The summed E-state index contributed by atoms with van der Waals surface area (Å²) in [6.07, 6.45) is 7.06. The second-order valence-electron chi connectivity index (χ2n) is 5.49. The Morgan fingerprint density at radius 3 is 2.72 bits per heavy atom. The minimum atomic E-state index is -0.367. The van der Waals surface area contributed by atoms with Crippen molar-refractivity contribution in [3.8, 4) is 5.75 Å². The van der Waals surface area contributed by atoms with Crippen LogP contribution in [0.4, 0.5) is 0 Å². The Kier molecular flexibility index (Phi) is 3.62. The number of aliphatic hydroxyl groups excluding tert-OH is 1. The highest BCUT2D eigenvalue weighted by Gasteiger charge is 2.33. The summed E-state index contributed by atoms with van der Waals surface area (Å²) in [7, 11) is 0. The molecule has 1 fully saturated rings. The van der Waals surface area contributed by atoms with E-state index < -0.39 is 0 Å². The molecule has 2 atom stereocenters. The van der Waals surface area contributed by atoms with Gasteiger partial charge in [0, 0.05) is 16.5 Å². The Morgan fingerprint density at radius 2 is 1.94 bits per heavy atom. The number of aliphatic hydroxyl groups is 1. The van der Waals surface area contributed by atoms with Crippen LogP contribution in [0.5, 0.6) is 5.75 Å². The van der Waals surface area contributed by atoms with Gasteiger partial charge in [-0.05, 0) is 30.9 Å². The zero-order chi connectivity index (χ0) is 12.5. The fourth-order valence-electron chi connectivity index (χ4n) is 3.24. The minimum absolute atomic E-state index is 0.196. The van der Waals surface area contributed by atoms with E-state index in [2.05, 4.69) is 15.9 Å². The van der Waals surface area contributed by atoms with Crippen LogP contribution in [-0.2, 0) is 0 Å². The molecule has 98 valence electrons. The first-order valence-corrected chi connectivity index (χ1v) is 7.67. The van der Waals surface area contributed by atoms with Gasteiger partial charge in [-0.1, -0.05) is 41.3 Å². The van der Waals surface area contributed by atoms with E-state index in [1.165, 1.54) is 32.1 Å². The summed E-state index contributed by atoms with van der Waals surface area (Å²) in [6, 6.07) is 5.90. The van der Waals surface area contributed by atoms with Crippen LogP contribution < -0.4 is 4.74 Å². The van der Waals surface area contributed by atoms with Gasteiger partial charge in [-0.3, -0.25) is 0 Å². The van der Waals surface area contributed by atoms with Gasteiger partial charge in [0.1, 0.15) is 11.9 Å². The lowest BCUT2D eigenvalue weighted by Crippen LogP contribution is -2.34. The summed E-state index contributed by atoms with van der Waals surface area (Å²) in [5.41, 5.74) is 0.935. The van der Waals surface area contributed by atoms with Crippen LogP contribution in [0.25, 0.3) is 0 Å². The Morgan fingerprint density at radius 1 is 1.17 bits per heavy atom. The predicted molar refractivity (Wildman–Crippen MR) is 74.7 cm³/mol. The molecule has 1 aromatic carbocycles. The van der Waals surface area contributed by atoms with Gasteiger partial charge >= 0.3 is 0 Å². The summed E-state index contributed by atoms with van der Waals surface area (Å²) in [5, 5.41) is 10.3.